The van der Waals surface area contributed by atoms with Crippen LogP contribution < -0.4 is 10.6 Å². The summed E-state index contributed by atoms with van der Waals surface area (Å²) in [5.74, 6) is -2.04. The molecule has 0 aliphatic heterocycles. The Hall–Kier alpha value is -2.09. The summed E-state index contributed by atoms with van der Waals surface area (Å²) < 4.78 is 0. The van der Waals surface area contributed by atoms with Crippen LogP contribution in [0.4, 0.5) is 10.7 Å². The van der Waals surface area contributed by atoms with E-state index < -0.39 is 18.1 Å². The molecule has 1 aromatic heterocycles. The number of carbonyl (C=O) groups is 2. The molecule has 0 spiro atoms. The highest BCUT2D eigenvalue weighted by atomic mass is 35.5. The van der Waals surface area contributed by atoms with E-state index in [1.807, 2.05) is 0 Å². The second kappa shape index (κ2) is 9.59. The number of anilines is 2. The number of aliphatic hydroxyl groups excluding tert-OH is 1. The SMILES string of the molecule is O=C(Nc1ccc(Cl)cc1)c1c(NC(O)C2CCCCC2C(=O)O)sc2c1CCCC2. The van der Waals surface area contributed by atoms with Crippen molar-refractivity contribution in [2.75, 3.05) is 10.6 Å². The molecule has 1 heterocycles. The molecule has 3 unspecified atom stereocenters. The van der Waals surface area contributed by atoms with Gasteiger partial charge in [-0.3, -0.25) is 9.59 Å². The number of benzene rings is 1. The third kappa shape index (κ3) is 4.89. The lowest BCUT2D eigenvalue weighted by atomic mass is 9.78. The number of nitrogens with one attached hydrogen (secondary N) is 2. The van der Waals surface area contributed by atoms with Crippen LogP contribution in [0, 0.1) is 11.8 Å². The summed E-state index contributed by atoms with van der Waals surface area (Å²) in [6.07, 6.45) is 5.83. The van der Waals surface area contributed by atoms with Crippen molar-refractivity contribution in [3.8, 4) is 0 Å². The Morgan fingerprint density at radius 2 is 1.77 bits per heavy atom. The quantitative estimate of drug-likeness (QED) is 0.445. The first-order valence-electron chi connectivity index (χ1n) is 10.8. The topological polar surface area (TPSA) is 98.7 Å². The maximum absolute atomic E-state index is 13.2. The second-order valence-corrected chi connectivity index (χ2v) is 9.90. The van der Waals surface area contributed by atoms with Gasteiger partial charge < -0.3 is 20.8 Å². The Labute approximate surface area is 190 Å². The van der Waals surface area contributed by atoms with Crippen LogP contribution >= 0.6 is 22.9 Å². The van der Waals surface area contributed by atoms with Crippen LogP contribution in [-0.4, -0.2) is 28.3 Å². The average Bonchev–Trinajstić information content (AvgIpc) is 3.13. The number of hydrogen-bond acceptors (Lipinski definition) is 5. The molecule has 6 nitrogen and oxygen atoms in total. The number of carbonyl (C=O) groups excluding carboxylic acids is 1. The van der Waals surface area contributed by atoms with Crippen LogP contribution in [0.15, 0.2) is 24.3 Å². The summed E-state index contributed by atoms with van der Waals surface area (Å²) in [7, 11) is 0. The van der Waals surface area contributed by atoms with Crippen LogP contribution in [0.2, 0.25) is 5.02 Å². The summed E-state index contributed by atoms with van der Waals surface area (Å²) in [5.41, 5.74) is 2.25. The summed E-state index contributed by atoms with van der Waals surface area (Å²) in [6, 6.07) is 6.94. The summed E-state index contributed by atoms with van der Waals surface area (Å²) in [6.45, 7) is 0. The van der Waals surface area contributed by atoms with Crippen LogP contribution in [0.5, 0.6) is 0 Å². The van der Waals surface area contributed by atoms with Crippen molar-refractivity contribution in [3.05, 3.63) is 45.3 Å². The van der Waals surface area contributed by atoms with E-state index >= 15 is 0 Å². The fraction of sp³-hybridized carbons (Fsp3) is 0.478. The van der Waals surface area contributed by atoms with Gasteiger partial charge in [0, 0.05) is 21.5 Å². The van der Waals surface area contributed by atoms with Gasteiger partial charge in [-0.2, -0.15) is 0 Å². The average molecular weight is 463 g/mol. The molecule has 1 amide bonds. The third-order valence-corrected chi connectivity index (χ3v) is 7.80. The monoisotopic (exact) mass is 462 g/mol. The first-order chi connectivity index (χ1) is 14.9. The van der Waals surface area contributed by atoms with Gasteiger partial charge in [-0.05, 0) is 68.4 Å². The number of halogens is 1. The number of fused-ring (bicyclic) bond motifs is 1. The fourth-order valence-corrected chi connectivity index (χ4v) is 6.16. The van der Waals surface area contributed by atoms with E-state index in [9.17, 15) is 19.8 Å². The van der Waals surface area contributed by atoms with E-state index in [0.29, 0.717) is 34.1 Å². The van der Waals surface area contributed by atoms with Crippen molar-refractivity contribution in [3.63, 3.8) is 0 Å². The van der Waals surface area contributed by atoms with Gasteiger partial charge in [0.15, 0.2) is 0 Å². The maximum Gasteiger partial charge on any atom is 0.306 e. The van der Waals surface area contributed by atoms with Crippen LogP contribution in [-0.2, 0) is 17.6 Å². The van der Waals surface area contributed by atoms with Crippen LogP contribution in [0.25, 0.3) is 0 Å². The number of aliphatic hydroxyl groups is 1. The van der Waals surface area contributed by atoms with Gasteiger partial charge in [0.05, 0.1) is 11.5 Å². The van der Waals surface area contributed by atoms with Gasteiger partial charge in [-0.15, -0.1) is 11.3 Å². The largest absolute Gasteiger partial charge is 0.481 e. The Morgan fingerprint density at radius 1 is 1.06 bits per heavy atom. The number of carboxylic acids is 1. The lowest BCUT2D eigenvalue weighted by Crippen LogP contribution is -2.39. The normalized spacial score (nSPS) is 21.7. The molecule has 0 saturated heterocycles. The molecule has 8 heteroatoms. The van der Waals surface area contributed by atoms with Crippen molar-refractivity contribution in [2.45, 2.75) is 57.6 Å². The number of aliphatic carboxylic acids is 1. The van der Waals surface area contributed by atoms with Crippen molar-refractivity contribution in [1.29, 1.82) is 0 Å². The Balaban J connectivity index is 1.60. The second-order valence-electron chi connectivity index (χ2n) is 8.36. The van der Waals surface area contributed by atoms with Crippen molar-refractivity contribution in [1.82, 2.24) is 0 Å². The van der Waals surface area contributed by atoms with Crippen molar-refractivity contribution < 1.29 is 19.8 Å². The predicted octanol–water partition coefficient (Wildman–Crippen LogP) is 5.15. The molecular formula is C23H27ClN2O4S. The molecule has 2 aromatic rings. The lowest BCUT2D eigenvalue weighted by molar-refractivity contribution is -0.146. The lowest BCUT2D eigenvalue weighted by Gasteiger charge is -2.32. The van der Waals surface area contributed by atoms with Crippen LogP contribution in [0.1, 0.15) is 59.3 Å². The maximum atomic E-state index is 13.2. The van der Waals surface area contributed by atoms with Gasteiger partial charge in [0.2, 0.25) is 0 Å². The molecule has 2 aliphatic rings. The summed E-state index contributed by atoms with van der Waals surface area (Å²) in [4.78, 5) is 26.1. The highest BCUT2D eigenvalue weighted by molar-refractivity contribution is 7.16. The molecule has 4 rings (SSSR count). The number of amides is 1. The minimum Gasteiger partial charge on any atom is -0.481 e. The van der Waals surface area contributed by atoms with E-state index in [-0.39, 0.29) is 11.8 Å². The predicted molar refractivity (Wildman–Crippen MR) is 123 cm³/mol. The number of carboxylic acid groups (broad SMARTS) is 1. The standard InChI is InChI=1S/C23H27ClN2O4S/c24-13-9-11-14(12-10-13)25-21(28)19-17-7-3-4-8-18(17)31-22(19)26-20(27)15-5-1-2-6-16(15)23(29)30/h9-12,15-16,20,26-27H,1-8H2,(H,25,28)(H,29,30). The van der Waals surface area contributed by atoms with E-state index in [4.69, 9.17) is 11.6 Å². The minimum atomic E-state index is -1.01. The van der Waals surface area contributed by atoms with Gasteiger partial charge in [-0.1, -0.05) is 24.4 Å². The van der Waals surface area contributed by atoms with E-state index in [1.165, 1.54) is 16.2 Å². The highest BCUT2D eigenvalue weighted by Crippen LogP contribution is 2.40. The minimum absolute atomic E-state index is 0.227. The molecule has 1 saturated carbocycles. The fourth-order valence-electron chi connectivity index (χ4n) is 4.72. The first-order valence-corrected chi connectivity index (χ1v) is 12.0. The Kier molecular flexibility index (Phi) is 6.84. The van der Waals surface area contributed by atoms with Gasteiger partial charge >= 0.3 is 5.97 Å². The third-order valence-electron chi connectivity index (χ3n) is 6.32. The molecule has 31 heavy (non-hydrogen) atoms. The van der Waals surface area contributed by atoms with Crippen molar-refractivity contribution >= 4 is 45.5 Å². The molecule has 1 fully saturated rings. The molecule has 0 radical (unpaired) electrons. The molecule has 1 aromatic carbocycles. The van der Waals surface area contributed by atoms with E-state index in [2.05, 4.69) is 10.6 Å². The van der Waals surface area contributed by atoms with Crippen LogP contribution in [0.3, 0.4) is 0 Å². The first kappa shape index (κ1) is 22.1. The van der Waals surface area contributed by atoms with Gasteiger partial charge in [0.1, 0.15) is 11.2 Å². The molecule has 4 N–H and O–H groups in total. The molecule has 166 valence electrons. The molecule has 3 atom stereocenters. The number of hydrogen-bond donors (Lipinski definition) is 4. The molecule has 0 bridgehead atoms. The zero-order valence-corrected chi connectivity index (χ0v) is 18.8. The van der Waals surface area contributed by atoms with Gasteiger partial charge in [0.25, 0.3) is 5.91 Å². The zero-order chi connectivity index (χ0) is 22.0. The smallest absolute Gasteiger partial charge is 0.306 e. The summed E-state index contributed by atoms with van der Waals surface area (Å²) >= 11 is 7.45. The summed E-state index contributed by atoms with van der Waals surface area (Å²) in [5, 5.41) is 27.8. The molecule has 2 aliphatic carbocycles. The van der Waals surface area contributed by atoms with E-state index in [1.54, 1.807) is 24.3 Å². The molecular weight excluding hydrogens is 436 g/mol. The Bertz CT molecular complexity index is 959. The highest BCUT2D eigenvalue weighted by Gasteiger charge is 2.37. The number of thiophene rings is 1. The van der Waals surface area contributed by atoms with E-state index in [0.717, 1.165) is 44.1 Å². The number of rotatable bonds is 6. The zero-order valence-electron chi connectivity index (χ0n) is 17.2. The van der Waals surface area contributed by atoms with Gasteiger partial charge in [-0.25, -0.2) is 0 Å². The van der Waals surface area contributed by atoms with Crippen molar-refractivity contribution in [2.24, 2.45) is 11.8 Å². The Morgan fingerprint density at radius 3 is 2.52 bits per heavy atom. The number of aryl methyl sites for hydroxylation is 1.